The van der Waals surface area contributed by atoms with Gasteiger partial charge < -0.3 is 5.73 Å². The molecule has 0 spiro atoms. The first-order chi connectivity index (χ1) is 9.17. The molecule has 1 unspecified atom stereocenters. The van der Waals surface area contributed by atoms with Crippen molar-refractivity contribution in [3.05, 3.63) is 47.2 Å². The van der Waals surface area contributed by atoms with Crippen LogP contribution in [0.2, 0.25) is 5.02 Å². The first-order valence-corrected chi connectivity index (χ1v) is 7.36. The zero-order chi connectivity index (χ0) is 13.7. The molecule has 0 saturated heterocycles. The highest BCUT2D eigenvalue weighted by atomic mass is 35.5. The molecule has 0 aliphatic carbocycles. The Balaban J connectivity index is 2.00. The highest BCUT2D eigenvalue weighted by Crippen LogP contribution is 2.24. The van der Waals surface area contributed by atoms with Crippen LogP contribution < -0.4 is 5.73 Å². The molecule has 0 bridgehead atoms. The van der Waals surface area contributed by atoms with Gasteiger partial charge in [0.1, 0.15) is 10.1 Å². The van der Waals surface area contributed by atoms with Crippen molar-refractivity contribution in [2.45, 2.75) is 35.9 Å². The number of hydrogen-bond acceptors (Lipinski definition) is 4. The summed E-state index contributed by atoms with van der Waals surface area (Å²) in [6.07, 6.45) is 5.37. The second-order valence-corrected chi connectivity index (χ2v) is 5.77. The molecule has 3 nitrogen and oxygen atoms in total. The summed E-state index contributed by atoms with van der Waals surface area (Å²) in [5.41, 5.74) is 7.09. The van der Waals surface area contributed by atoms with E-state index < -0.39 is 0 Å². The maximum Gasteiger partial charge on any atom is 0.102 e. The van der Waals surface area contributed by atoms with Crippen LogP contribution in [-0.2, 0) is 6.42 Å². The van der Waals surface area contributed by atoms with Gasteiger partial charge in [-0.05, 0) is 36.6 Å². The van der Waals surface area contributed by atoms with E-state index in [0.717, 1.165) is 22.9 Å². The molecule has 1 atom stereocenters. The highest BCUT2D eigenvalue weighted by molar-refractivity contribution is 7.99. The van der Waals surface area contributed by atoms with Crippen molar-refractivity contribution in [2.75, 3.05) is 0 Å². The third-order valence-corrected chi connectivity index (χ3v) is 3.85. The van der Waals surface area contributed by atoms with Gasteiger partial charge in [-0.25, -0.2) is 9.97 Å². The lowest BCUT2D eigenvalue weighted by molar-refractivity contribution is 0.644. The molecule has 2 rings (SSSR count). The van der Waals surface area contributed by atoms with Gasteiger partial charge in [-0.1, -0.05) is 36.4 Å². The van der Waals surface area contributed by atoms with Crippen molar-refractivity contribution in [1.82, 2.24) is 9.97 Å². The van der Waals surface area contributed by atoms with Crippen LogP contribution in [0.1, 0.15) is 18.9 Å². The number of pyridine rings is 2. The molecule has 0 radical (unpaired) electrons. The molecule has 2 N–H and O–H groups in total. The summed E-state index contributed by atoms with van der Waals surface area (Å²) in [6, 6.07) is 7.99. The fraction of sp³-hybridized carbons (Fsp3) is 0.286. The molecule has 2 aromatic rings. The highest BCUT2D eigenvalue weighted by Gasteiger charge is 2.04. The predicted molar refractivity (Wildman–Crippen MR) is 79.6 cm³/mol. The number of aromatic nitrogens is 2. The van der Waals surface area contributed by atoms with Crippen LogP contribution in [0.4, 0.5) is 0 Å². The Bertz CT molecular complexity index is 513. The average Bonchev–Trinajstić information content (AvgIpc) is 2.43. The summed E-state index contributed by atoms with van der Waals surface area (Å²) in [6.45, 7) is 2.09. The van der Waals surface area contributed by atoms with E-state index >= 15 is 0 Å². The van der Waals surface area contributed by atoms with Crippen molar-refractivity contribution in [1.29, 1.82) is 0 Å². The first-order valence-electron chi connectivity index (χ1n) is 6.17. The van der Waals surface area contributed by atoms with Gasteiger partial charge >= 0.3 is 0 Å². The number of rotatable bonds is 5. The van der Waals surface area contributed by atoms with Gasteiger partial charge in [-0.15, -0.1) is 0 Å². The fourth-order valence-corrected chi connectivity index (χ4v) is 2.38. The minimum absolute atomic E-state index is 0.207. The molecule has 0 fully saturated rings. The van der Waals surface area contributed by atoms with Gasteiger partial charge in [0.2, 0.25) is 0 Å². The van der Waals surface area contributed by atoms with E-state index in [-0.39, 0.29) is 6.04 Å². The summed E-state index contributed by atoms with van der Waals surface area (Å²) < 4.78 is 0. The molecule has 100 valence electrons. The van der Waals surface area contributed by atoms with Gasteiger partial charge in [0.25, 0.3) is 0 Å². The smallest absolute Gasteiger partial charge is 0.102 e. The van der Waals surface area contributed by atoms with E-state index in [4.69, 9.17) is 17.3 Å². The van der Waals surface area contributed by atoms with Crippen molar-refractivity contribution in [3.63, 3.8) is 0 Å². The van der Waals surface area contributed by atoms with Crippen LogP contribution in [0.3, 0.4) is 0 Å². The summed E-state index contributed by atoms with van der Waals surface area (Å²) in [4.78, 5) is 8.65. The lowest BCUT2D eigenvalue weighted by atomic mass is 10.1. The number of halogens is 1. The Morgan fingerprint density at radius 3 is 2.37 bits per heavy atom. The quantitative estimate of drug-likeness (QED) is 0.916. The number of hydrogen-bond donors (Lipinski definition) is 1. The molecule has 19 heavy (non-hydrogen) atoms. The van der Waals surface area contributed by atoms with Crippen LogP contribution in [0.25, 0.3) is 0 Å². The van der Waals surface area contributed by atoms with Crippen LogP contribution in [0, 0.1) is 0 Å². The van der Waals surface area contributed by atoms with E-state index in [1.165, 1.54) is 17.3 Å². The topological polar surface area (TPSA) is 51.8 Å². The molecule has 0 aliphatic heterocycles. The van der Waals surface area contributed by atoms with Gasteiger partial charge in [0.15, 0.2) is 0 Å². The van der Waals surface area contributed by atoms with Crippen LogP contribution in [0.15, 0.2) is 46.7 Å². The Kier molecular flexibility index (Phi) is 5.19. The Morgan fingerprint density at radius 1 is 1.16 bits per heavy atom. The van der Waals surface area contributed by atoms with Gasteiger partial charge in [0.05, 0.1) is 5.02 Å². The van der Waals surface area contributed by atoms with Gasteiger partial charge in [-0.2, -0.15) is 0 Å². The molecular formula is C14H16ClN3S. The first kappa shape index (κ1) is 14.3. The second kappa shape index (κ2) is 6.89. The second-order valence-electron chi connectivity index (χ2n) is 4.29. The Hall–Kier alpha value is -1.10. The van der Waals surface area contributed by atoms with Crippen molar-refractivity contribution in [2.24, 2.45) is 5.73 Å². The fourth-order valence-electron chi connectivity index (χ4n) is 1.57. The molecule has 0 aliphatic rings. The van der Waals surface area contributed by atoms with Crippen LogP contribution in [0.5, 0.6) is 0 Å². The molecule has 2 heterocycles. The van der Waals surface area contributed by atoms with Gasteiger partial charge in [0, 0.05) is 18.4 Å². The SMILES string of the molecule is CCC(N)Cc1ccc(Sc2ccc(Cl)cn2)nc1. The minimum Gasteiger partial charge on any atom is -0.327 e. The third kappa shape index (κ3) is 4.49. The normalized spacial score (nSPS) is 12.4. The van der Waals surface area contributed by atoms with E-state index in [1.807, 2.05) is 24.4 Å². The monoisotopic (exact) mass is 293 g/mol. The zero-order valence-electron chi connectivity index (χ0n) is 10.7. The van der Waals surface area contributed by atoms with Crippen molar-refractivity contribution < 1.29 is 0 Å². The summed E-state index contributed by atoms with van der Waals surface area (Å²) >= 11 is 7.32. The summed E-state index contributed by atoms with van der Waals surface area (Å²) in [5, 5.41) is 2.44. The molecule has 0 saturated carbocycles. The summed E-state index contributed by atoms with van der Waals surface area (Å²) in [5.74, 6) is 0. The van der Waals surface area contributed by atoms with Crippen molar-refractivity contribution in [3.8, 4) is 0 Å². The minimum atomic E-state index is 0.207. The maximum absolute atomic E-state index is 5.93. The Labute approximate surface area is 122 Å². The molecule has 0 amide bonds. The molecule has 2 aromatic heterocycles. The van der Waals surface area contributed by atoms with E-state index in [1.54, 1.807) is 6.20 Å². The number of nitrogens with zero attached hydrogens (tertiary/aromatic N) is 2. The lowest BCUT2D eigenvalue weighted by Crippen LogP contribution is -2.21. The standard InChI is InChI=1S/C14H16ClN3S/c1-2-12(16)7-10-3-5-13(17-8-10)19-14-6-4-11(15)9-18-14/h3-6,8-9,12H,2,7,16H2,1H3. The lowest BCUT2D eigenvalue weighted by Gasteiger charge is -2.08. The maximum atomic E-state index is 5.93. The average molecular weight is 294 g/mol. The van der Waals surface area contributed by atoms with Crippen LogP contribution in [-0.4, -0.2) is 16.0 Å². The van der Waals surface area contributed by atoms with Gasteiger partial charge in [-0.3, -0.25) is 0 Å². The van der Waals surface area contributed by atoms with E-state index in [0.29, 0.717) is 5.02 Å². The summed E-state index contributed by atoms with van der Waals surface area (Å²) in [7, 11) is 0. The Morgan fingerprint density at radius 2 is 1.84 bits per heavy atom. The molecule has 5 heteroatoms. The van der Waals surface area contributed by atoms with E-state index in [2.05, 4.69) is 23.0 Å². The largest absolute Gasteiger partial charge is 0.327 e. The molecular weight excluding hydrogens is 278 g/mol. The number of nitrogens with two attached hydrogens (primary N) is 1. The van der Waals surface area contributed by atoms with E-state index in [9.17, 15) is 0 Å². The zero-order valence-corrected chi connectivity index (χ0v) is 12.3. The van der Waals surface area contributed by atoms with Crippen molar-refractivity contribution >= 4 is 23.4 Å². The predicted octanol–water partition coefficient (Wildman–Crippen LogP) is 3.56. The molecule has 0 aromatic carbocycles. The van der Waals surface area contributed by atoms with Crippen LogP contribution >= 0.6 is 23.4 Å². The third-order valence-electron chi connectivity index (χ3n) is 2.73.